The Morgan fingerprint density at radius 3 is 2.81 bits per heavy atom. The monoisotopic (exact) mass is 370 g/mol. The molecule has 3 aliphatic rings. The number of morpholine rings is 1. The van der Waals surface area contributed by atoms with Gasteiger partial charge in [-0.3, -0.25) is 9.59 Å². The Balaban J connectivity index is 1.32. The maximum absolute atomic E-state index is 12.6. The van der Waals surface area contributed by atoms with Crippen LogP contribution in [0.1, 0.15) is 40.3 Å². The average molecular weight is 370 g/mol. The zero-order valence-electron chi connectivity index (χ0n) is 14.9. The molecule has 142 valence electrons. The molecule has 5 heterocycles. The van der Waals surface area contributed by atoms with Crippen LogP contribution in [0.2, 0.25) is 0 Å². The third-order valence-corrected chi connectivity index (χ3v) is 5.76. The van der Waals surface area contributed by atoms with Crippen LogP contribution in [-0.4, -0.2) is 66.1 Å². The van der Waals surface area contributed by atoms with Crippen molar-refractivity contribution in [2.24, 2.45) is 0 Å². The maximum atomic E-state index is 12.6. The second-order valence-corrected chi connectivity index (χ2v) is 7.49. The van der Waals surface area contributed by atoms with E-state index in [0.29, 0.717) is 55.1 Å². The highest BCUT2D eigenvalue weighted by Gasteiger charge is 2.39. The number of nitrogens with one attached hydrogen (secondary N) is 2. The SMILES string of the molecule is O=C(N[C@@H]1C[C@H]2CC[C@@H]1N2)c1cc2cc(C(=O)N3CCOCC3)oc2cn1. The van der Waals surface area contributed by atoms with E-state index < -0.39 is 0 Å². The van der Waals surface area contributed by atoms with E-state index in [0.717, 1.165) is 12.8 Å². The highest BCUT2D eigenvalue weighted by Crippen LogP contribution is 2.28. The molecule has 3 aliphatic heterocycles. The minimum atomic E-state index is -0.182. The van der Waals surface area contributed by atoms with Gasteiger partial charge in [0.2, 0.25) is 0 Å². The van der Waals surface area contributed by atoms with Crippen molar-refractivity contribution in [1.29, 1.82) is 0 Å². The minimum absolute atomic E-state index is 0.159. The Labute approximate surface area is 156 Å². The van der Waals surface area contributed by atoms with Gasteiger partial charge in [0.25, 0.3) is 11.8 Å². The first-order valence-corrected chi connectivity index (χ1v) is 9.51. The summed E-state index contributed by atoms with van der Waals surface area (Å²) < 4.78 is 10.9. The smallest absolute Gasteiger partial charge is 0.289 e. The molecule has 8 heteroatoms. The molecular formula is C19H22N4O4. The van der Waals surface area contributed by atoms with E-state index in [1.165, 1.54) is 12.6 Å². The number of aromatic nitrogens is 1. The van der Waals surface area contributed by atoms with Crippen LogP contribution in [0.5, 0.6) is 0 Å². The zero-order chi connectivity index (χ0) is 18.4. The van der Waals surface area contributed by atoms with E-state index in [1.54, 1.807) is 17.0 Å². The van der Waals surface area contributed by atoms with Crippen LogP contribution in [-0.2, 0) is 4.74 Å². The molecule has 2 aromatic rings. The van der Waals surface area contributed by atoms with Gasteiger partial charge in [-0.2, -0.15) is 0 Å². The largest absolute Gasteiger partial charge is 0.449 e. The summed E-state index contributed by atoms with van der Waals surface area (Å²) in [7, 11) is 0. The predicted octanol–water partition coefficient (Wildman–Crippen LogP) is 0.923. The summed E-state index contributed by atoms with van der Waals surface area (Å²) in [6, 6.07) is 4.43. The van der Waals surface area contributed by atoms with Crippen molar-refractivity contribution in [3.8, 4) is 0 Å². The molecule has 3 atom stereocenters. The lowest BCUT2D eigenvalue weighted by Crippen LogP contribution is -2.43. The molecule has 2 N–H and O–H groups in total. The van der Waals surface area contributed by atoms with Crippen LogP contribution < -0.4 is 10.6 Å². The van der Waals surface area contributed by atoms with Crippen molar-refractivity contribution in [1.82, 2.24) is 20.5 Å². The Hall–Kier alpha value is -2.45. The van der Waals surface area contributed by atoms with E-state index >= 15 is 0 Å². The average Bonchev–Trinajstić information content (AvgIpc) is 3.42. The standard InChI is InChI=1S/C19H22N4O4/c24-18(22-14-9-12-1-2-13(14)21-12)15-7-11-8-16(27-17(11)10-20-15)19(25)23-3-5-26-6-4-23/h7-8,10,12-14,21H,1-6,9H2,(H,22,24)/t12-,13+,14-/m1/s1. The van der Waals surface area contributed by atoms with Crippen LogP contribution in [0.25, 0.3) is 11.0 Å². The van der Waals surface area contributed by atoms with E-state index in [4.69, 9.17) is 9.15 Å². The minimum Gasteiger partial charge on any atom is -0.449 e. The van der Waals surface area contributed by atoms with Gasteiger partial charge in [0.15, 0.2) is 11.3 Å². The second kappa shape index (κ2) is 6.61. The number of nitrogens with zero attached hydrogens (tertiary/aromatic N) is 2. The summed E-state index contributed by atoms with van der Waals surface area (Å²) in [5.74, 6) is -0.0735. The van der Waals surface area contributed by atoms with Crippen molar-refractivity contribution in [2.75, 3.05) is 26.3 Å². The molecule has 2 bridgehead atoms. The van der Waals surface area contributed by atoms with Gasteiger partial charge in [-0.25, -0.2) is 4.98 Å². The number of rotatable bonds is 3. The molecule has 0 radical (unpaired) electrons. The molecular weight excluding hydrogens is 348 g/mol. The molecule has 0 aromatic carbocycles. The molecule has 0 aliphatic carbocycles. The van der Waals surface area contributed by atoms with Gasteiger partial charge < -0.3 is 24.7 Å². The van der Waals surface area contributed by atoms with Crippen molar-refractivity contribution >= 4 is 22.8 Å². The summed E-state index contributed by atoms with van der Waals surface area (Å²) in [5, 5.41) is 7.31. The van der Waals surface area contributed by atoms with Crippen molar-refractivity contribution in [3.05, 3.63) is 29.8 Å². The van der Waals surface area contributed by atoms with Crippen molar-refractivity contribution in [2.45, 2.75) is 37.4 Å². The lowest BCUT2D eigenvalue weighted by molar-refractivity contribution is 0.0284. The van der Waals surface area contributed by atoms with E-state index in [9.17, 15) is 9.59 Å². The molecule has 3 saturated heterocycles. The number of carbonyl (C=O) groups excluding carboxylic acids is 2. The summed E-state index contributed by atoms with van der Waals surface area (Å²) in [6.45, 7) is 2.18. The highest BCUT2D eigenvalue weighted by atomic mass is 16.5. The van der Waals surface area contributed by atoms with Gasteiger partial charge in [-0.1, -0.05) is 0 Å². The molecule has 2 aromatic heterocycles. The topological polar surface area (TPSA) is 96.7 Å². The number of pyridine rings is 1. The van der Waals surface area contributed by atoms with Crippen LogP contribution in [0.15, 0.2) is 22.7 Å². The normalized spacial score (nSPS) is 27.3. The summed E-state index contributed by atoms with van der Waals surface area (Å²) in [4.78, 5) is 31.1. The summed E-state index contributed by atoms with van der Waals surface area (Å²) >= 11 is 0. The second-order valence-electron chi connectivity index (χ2n) is 7.49. The van der Waals surface area contributed by atoms with E-state index in [1.807, 2.05) is 0 Å². The van der Waals surface area contributed by atoms with E-state index in [2.05, 4.69) is 15.6 Å². The third-order valence-electron chi connectivity index (χ3n) is 5.76. The molecule has 0 saturated carbocycles. The third kappa shape index (κ3) is 3.08. The molecule has 0 spiro atoms. The number of hydrogen-bond donors (Lipinski definition) is 2. The fourth-order valence-corrected chi connectivity index (χ4v) is 4.32. The Morgan fingerprint density at radius 1 is 1.22 bits per heavy atom. The highest BCUT2D eigenvalue weighted by molar-refractivity contribution is 5.99. The molecule has 0 unspecified atom stereocenters. The Bertz CT molecular complexity index is 889. The first kappa shape index (κ1) is 16.7. The summed E-state index contributed by atoms with van der Waals surface area (Å²) in [5.41, 5.74) is 0.848. The molecule has 27 heavy (non-hydrogen) atoms. The maximum Gasteiger partial charge on any atom is 0.289 e. The fraction of sp³-hybridized carbons (Fsp3) is 0.526. The number of ether oxygens (including phenoxy) is 1. The van der Waals surface area contributed by atoms with Gasteiger partial charge in [0.05, 0.1) is 19.4 Å². The number of hydrogen-bond acceptors (Lipinski definition) is 6. The van der Waals surface area contributed by atoms with Crippen LogP contribution in [0.4, 0.5) is 0 Å². The predicted molar refractivity (Wildman–Crippen MR) is 96.5 cm³/mol. The van der Waals surface area contributed by atoms with Crippen LogP contribution in [0.3, 0.4) is 0 Å². The molecule has 3 fully saturated rings. The number of furan rings is 1. The lowest BCUT2D eigenvalue weighted by Gasteiger charge is -2.25. The molecule has 5 rings (SSSR count). The number of fused-ring (bicyclic) bond motifs is 3. The lowest BCUT2D eigenvalue weighted by atomic mass is 9.95. The number of carbonyl (C=O) groups is 2. The van der Waals surface area contributed by atoms with Crippen LogP contribution >= 0.6 is 0 Å². The quantitative estimate of drug-likeness (QED) is 0.834. The van der Waals surface area contributed by atoms with E-state index in [-0.39, 0.29) is 23.6 Å². The van der Waals surface area contributed by atoms with Crippen LogP contribution in [0, 0.1) is 0 Å². The number of amides is 2. The van der Waals surface area contributed by atoms with Gasteiger partial charge in [0, 0.05) is 36.6 Å². The Kier molecular flexibility index (Phi) is 4.09. The fourth-order valence-electron chi connectivity index (χ4n) is 4.32. The van der Waals surface area contributed by atoms with Gasteiger partial charge in [-0.05, 0) is 31.4 Å². The Morgan fingerprint density at radius 2 is 2.07 bits per heavy atom. The zero-order valence-corrected chi connectivity index (χ0v) is 14.9. The summed E-state index contributed by atoms with van der Waals surface area (Å²) in [6.07, 6.45) is 4.79. The van der Waals surface area contributed by atoms with Gasteiger partial charge >= 0.3 is 0 Å². The van der Waals surface area contributed by atoms with Crippen molar-refractivity contribution in [3.63, 3.8) is 0 Å². The first-order chi connectivity index (χ1) is 13.2. The van der Waals surface area contributed by atoms with Gasteiger partial charge in [0.1, 0.15) is 5.69 Å². The molecule has 8 nitrogen and oxygen atoms in total. The van der Waals surface area contributed by atoms with Crippen molar-refractivity contribution < 1.29 is 18.7 Å². The van der Waals surface area contributed by atoms with Gasteiger partial charge in [-0.15, -0.1) is 0 Å². The molecule has 2 amide bonds. The first-order valence-electron chi connectivity index (χ1n) is 9.51.